The first-order valence-corrected chi connectivity index (χ1v) is 7.51. The molecule has 0 fully saturated rings. The van der Waals surface area contributed by atoms with E-state index in [-0.39, 0.29) is 5.84 Å². The van der Waals surface area contributed by atoms with Crippen molar-refractivity contribution in [3.05, 3.63) is 23.8 Å². The topological polar surface area (TPSA) is 82.7 Å². The highest BCUT2D eigenvalue weighted by atomic mass is 32.2. The van der Waals surface area contributed by atoms with Gasteiger partial charge in [0.25, 0.3) is 0 Å². The molecule has 3 N–H and O–H groups in total. The molecular weight excluding hydrogens is 262 g/mol. The Balaban J connectivity index is 2.16. The van der Waals surface area contributed by atoms with Crippen LogP contribution in [-0.4, -0.2) is 17.0 Å². The molecule has 0 radical (unpaired) electrons. The molecule has 6 heteroatoms. The summed E-state index contributed by atoms with van der Waals surface area (Å²) in [5.41, 5.74) is 7.24. The van der Waals surface area contributed by atoms with Gasteiger partial charge in [-0.1, -0.05) is 26.3 Å². The predicted octanol–water partition coefficient (Wildman–Crippen LogP) is 2.21. The highest BCUT2D eigenvalue weighted by Gasteiger charge is 2.24. The number of ether oxygens (including phenoxy) is 1. The fourth-order valence-corrected chi connectivity index (χ4v) is 2.73. The van der Waals surface area contributed by atoms with Crippen LogP contribution < -0.4 is 15.2 Å². The van der Waals surface area contributed by atoms with E-state index in [2.05, 4.69) is 23.0 Å². The minimum absolute atomic E-state index is 0.255. The quantitative estimate of drug-likeness (QED) is 0.811. The van der Waals surface area contributed by atoms with Gasteiger partial charge in [0.05, 0.1) is 17.9 Å². The van der Waals surface area contributed by atoms with Crippen LogP contribution in [0.1, 0.15) is 32.3 Å². The average Bonchev–Trinajstić information content (AvgIpc) is 2.36. The number of anilines is 1. The van der Waals surface area contributed by atoms with E-state index in [1.54, 1.807) is 0 Å². The van der Waals surface area contributed by atoms with Gasteiger partial charge in [0, 0.05) is 0 Å². The number of hydrogen-bond donors (Lipinski definition) is 2. The van der Waals surface area contributed by atoms with Crippen molar-refractivity contribution in [1.82, 2.24) is 0 Å². The van der Waals surface area contributed by atoms with Crippen LogP contribution in [-0.2, 0) is 11.5 Å². The molecule has 0 saturated carbocycles. The smallest absolute Gasteiger partial charge is 0.222 e. The van der Waals surface area contributed by atoms with Gasteiger partial charge in [-0.3, -0.25) is 0 Å². The maximum Gasteiger partial charge on any atom is 0.222 e. The van der Waals surface area contributed by atoms with E-state index < -0.39 is 11.5 Å². The summed E-state index contributed by atoms with van der Waals surface area (Å²) >= 11 is -1.50. The monoisotopic (exact) mass is 281 g/mol. The van der Waals surface area contributed by atoms with Gasteiger partial charge in [-0.2, -0.15) is 4.72 Å². The molecule has 1 aromatic carbocycles. The molecule has 1 aliphatic rings. The van der Waals surface area contributed by atoms with Crippen LogP contribution in [0.2, 0.25) is 0 Å². The van der Waals surface area contributed by atoms with Crippen molar-refractivity contribution in [2.45, 2.75) is 26.7 Å². The van der Waals surface area contributed by atoms with Gasteiger partial charge in [0.1, 0.15) is 5.75 Å². The van der Waals surface area contributed by atoms with E-state index in [1.165, 1.54) is 0 Å². The summed E-state index contributed by atoms with van der Waals surface area (Å²) in [7, 11) is 0. The van der Waals surface area contributed by atoms with Gasteiger partial charge < -0.3 is 15.0 Å². The van der Waals surface area contributed by atoms with Crippen molar-refractivity contribution in [3.8, 4) is 5.75 Å². The first-order valence-electron chi connectivity index (χ1n) is 6.40. The van der Waals surface area contributed by atoms with Gasteiger partial charge in [0.15, 0.2) is 5.84 Å². The lowest BCUT2D eigenvalue weighted by Gasteiger charge is -2.20. The molecule has 1 heterocycles. The molecular formula is C13H19N3O2S. The Bertz CT molecular complexity index is 479. The highest BCUT2D eigenvalue weighted by molar-refractivity contribution is 7.91. The zero-order valence-electron chi connectivity index (χ0n) is 11.2. The number of benzene rings is 1. The van der Waals surface area contributed by atoms with E-state index in [9.17, 15) is 4.55 Å². The third-order valence-corrected chi connectivity index (χ3v) is 3.72. The highest BCUT2D eigenvalue weighted by Crippen LogP contribution is 2.30. The zero-order valence-corrected chi connectivity index (χ0v) is 12.0. The number of fused-ring (bicyclic) bond motifs is 1. The molecule has 0 amide bonds. The van der Waals surface area contributed by atoms with Gasteiger partial charge >= 0.3 is 0 Å². The van der Waals surface area contributed by atoms with E-state index in [1.807, 2.05) is 18.2 Å². The molecule has 2 unspecified atom stereocenters. The molecule has 1 aromatic rings. The fourth-order valence-electron chi connectivity index (χ4n) is 2.06. The lowest BCUT2D eigenvalue weighted by Crippen LogP contribution is -2.27. The third kappa shape index (κ3) is 3.33. The van der Waals surface area contributed by atoms with Crippen molar-refractivity contribution in [1.29, 1.82) is 0 Å². The number of nitrogens with zero attached hydrogens (tertiary/aromatic N) is 1. The Hall–Kier alpha value is -1.40. The first-order chi connectivity index (χ1) is 9.11. The molecule has 0 bridgehead atoms. The van der Waals surface area contributed by atoms with Crippen molar-refractivity contribution in [3.63, 3.8) is 0 Å². The lowest BCUT2D eigenvalue weighted by molar-refractivity contribution is 0.251. The maximum absolute atomic E-state index is 11.4. The first kappa shape index (κ1) is 14.0. The SMILES string of the molecule is CCCC(C)COc1cccc2c1C(N)=N[S+]([O-])N2. The van der Waals surface area contributed by atoms with Gasteiger partial charge in [-0.05, 0) is 28.9 Å². The third-order valence-electron chi connectivity index (χ3n) is 2.97. The minimum atomic E-state index is -1.50. The second kappa shape index (κ2) is 6.16. The van der Waals surface area contributed by atoms with E-state index in [0.717, 1.165) is 12.8 Å². The molecule has 1 aliphatic heterocycles. The van der Waals surface area contributed by atoms with E-state index in [4.69, 9.17) is 10.5 Å². The minimum Gasteiger partial charge on any atom is -0.566 e. The summed E-state index contributed by atoms with van der Waals surface area (Å²) in [6.45, 7) is 4.95. The van der Waals surface area contributed by atoms with Crippen LogP contribution in [0, 0.1) is 5.92 Å². The number of amidine groups is 1. The molecule has 0 saturated heterocycles. The molecule has 2 atom stereocenters. The van der Waals surface area contributed by atoms with Crippen LogP contribution in [0.3, 0.4) is 0 Å². The average molecular weight is 281 g/mol. The number of nitrogens with one attached hydrogen (secondary N) is 1. The Kier molecular flexibility index (Phi) is 4.55. The summed E-state index contributed by atoms with van der Waals surface area (Å²) in [5.74, 6) is 1.43. The summed E-state index contributed by atoms with van der Waals surface area (Å²) in [6.07, 6.45) is 2.27. The summed E-state index contributed by atoms with van der Waals surface area (Å²) in [5, 5.41) is 0. The van der Waals surface area contributed by atoms with Gasteiger partial charge in [-0.25, -0.2) is 0 Å². The van der Waals surface area contributed by atoms with Crippen LogP contribution in [0.15, 0.2) is 22.6 Å². The predicted molar refractivity (Wildman–Crippen MR) is 78.5 cm³/mol. The van der Waals surface area contributed by atoms with Crippen LogP contribution in [0.5, 0.6) is 5.75 Å². The Morgan fingerprint density at radius 3 is 3.05 bits per heavy atom. The lowest BCUT2D eigenvalue weighted by atomic mass is 10.1. The normalized spacial score (nSPS) is 19.1. The van der Waals surface area contributed by atoms with Crippen molar-refractivity contribution in [2.75, 3.05) is 11.3 Å². The van der Waals surface area contributed by atoms with Crippen molar-refractivity contribution >= 4 is 23.1 Å². The molecule has 0 aromatic heterocycles. The van der Waals surface area contributed by atoms with Crippen LogP contribution in [0.4, 0.5) is 5.69 Å². The van der Waals surface area contributed by atoms with Crippen LogP contribution in [0.25, 0.3) is 0 Å². The number of rotatable bonds is 5. The largest absolute Gasteiger partial charge is 0.566 e. The van der Waals surface area contributed by atoms with Gasteiger partial charge in [-0.15, -0.1) is 0 Å². The van der Waals surface area contributed by atoms with Crippen LogP contribution >= 0.6 is 0 Å². The van der Waals surface area contributed by atoms with Gasteiger partial charge in [0.2, 0.25) is 11.5 Å². The van der Waals surface area contributed by atoms with Crippen molar-refractivity contribution in [2.24, 2.45) is 16.0 Å². The Morgan fingerprint density at radius 1 is 1.53 bits per heavy atom. The maximum atomic E-state index is 11.4. The molecule has 0 aliphatic carbocycles. The second-order valence-corrected chi connectivity index (χ2v) is 5.60. The zero-order chi connectivity index (χ0) is 13.8. The Labute approximate surface area is 116 Å². The van der Waals surface area contributed by atoms with E-state index in [0.29, 0.717) is 29.5 Å². The second-order valence-electron chi connectivity index (χ2n) is 4.71. The van der Waals surface area contributed by atoms with Crippen molar-refractivity contribution < 1.29 is 9.29 Å². The summed E-state index contributed by atoms with van der Waals surface area (Å²) in [4.78, 5) is 0. The summed E-state index contributed by atoms with van der Waals surface area (Å²) in [6, 6.07) is 5.52. The summed E-state index contributed by atoms with van der Waals surface area (Å²) < 4.78 is 23.8. The fraction of sp³-hybridized carbons (Fsp3) is 0.462. The molecule has 5 nitrogen and oxygen atoms in total. The Morgan fingerprint density at radius 2 is 2.32 bits per heavy atom. The molecule has 0 spiro atoms. The number of hydrogen-bond acceptors (Lipinski definition) is 5. The molecule has 2 rings (SSSR count). The molecule has 19 heavy (non-hydrogen) atoms. The standard InChI is InChI=1S/C13H19N3O2S/c1-3-5-9(2)8-18-11-7-4-6-10-12(11)13(14)16-19(17)15-10/h4,6-7,9,15H,3,5,8H2,1-2H3,(H2,14,16). The van der Waals surface area contributed by atoms with E-state index >= 15 is 0 Å². The number of nitrogens with two attached hydrogens (primary N) is 1. The molecule has 104 valence electrons.